The van der Waals surface area contributed by atoms with E-state index in [0.717, 1.165) is 0 Å². The number of rotatable bonds is 21. The van der Waals surface area contributed by atoms with Gasteiger partial charge in [0.05, 0.1) is 18.5 Å². The van der Waals surface area contributed by atoms with Crippen LogP contribution in [0.3, 0.4) is 0 Å². The van der Waals surface area contributed by atoms with Crippen molar-refractivity contribution in [2.75, 3.05) is 0 Å². The number of amides is 5. The van der Waals surface area contributed by atoms with E-state index in [4.69, 9.17) is 15.5 Å². The summed E-state index contributed by atoms with van der Waals surface area (Å²) >= 11 is 0. The second-order valence-corrected chi connectivity index (χ2v) is 13.7. The van der Waals surface area contributed by atoms with E-state index >= 15 is 0 Å². The molecular weight excluding hydrogens is 719 g/mol. The van der Waals surface area contributed by atoms with Crippen LogP contribution in [0.15, 0.2) is 36.8 Å². The Morgan fingerprint density at radius 3 is 1.79 bits per heavy atom. The van der Waals surface area contributed by atoms with E-state index in [1.165, 1.54) is 50.6 Å². The molecular formula is C32H49N8O12P. The zero-order valence-corrected chi connectivity index (χ0v) is 30.8. The van der Waals surface area contributed by atoms with Crippen LogP contribution in [0.5, 0.6) is 5.75 Å². The van der Waals surface area contributed by atoms with Gasteiger partial charge in [-0.3, -0.25) is 33.8 Å². The van der Waals surface area contributed by atoms with Crippen molar-refractivity contribution in [3.05, 3.63) is 48.0 Å². The Hall–Kier alpha value is -4.88. The Labute approximate surface area is 305 Å². The summed E-state index contributed by atoms with van der Waals surface area (Å²) in [6.45, 7) is 7.60. The van der Waals surface area contributed by atoms with Crippen LogP contribution in [-0.2, 0) is 46.2 Å². The molecule has 0 fully saturated rings. The fourth-order valence-electron chi connectivity index (χ4n) is 4.88. The summed E-state index contributed by atoms with van der Waals surface area (Å²) in [5.41, 5.74) is 6.35. The third-order valence-electron chi connectivity index (χ3n) is 8.13. The number of phosphoric ester groups is 1. The molecule has 5 amide bonds. The number of nitrogens with one attached hydrogen (secondary N) is 6. The van der Waals surface area contributed by atoms with Gasteiger partial charge in [0.1, 0.15) is 36.0 Å². The van der Waals surface area contributed by atoms with Gasteiger partial charge in [0, 0.05) is 24.7 Å². The minimum absolute atomic E-state index is 0.0590. The smallest absolute Gasteiger partial charge is 0.480 e. The minimum Gasteiger partial charge on any atom is -0.480 e. The number of carbonyl (C=O) groups excluding carboxylic acids is 5. The molecule has 0 unspecified atom stereocenters. The Morgan fingerprint density at radius 2 is 1.32 bits per heavy atom. The van der Waals surface area contributed by atoms with Crippen molar-refractivity contribution in [3.8, 4) is 5.75 Å². The quantitative estimate of drug-likeness (QED) is 0.0635. The highest BCUT2D eigenvalue weighted by Gasteiger charge is 2.34. The number of phosphoric acid groups is 1. The lowest BCUT2D eigenvalue weighted by Gasteiger charge is -2.28. The average Bonchev–Trinajstić information content (AvgIpc) is 3.60. The predicted molar refractivity (Wildman–Crippen MR) is 187 cm³/mol. The summed E-state index contributed by atoms with van der Waals surface area (Å²) in [7, 11) is -4.88. The molecule has 294 valence electrons. The van der Waals surface area contributed by atoms with Gasteiger partial charge in [-0.1, -0.05) is 39.3 Å². The van der Waals surface area contributed by atoms with Crippen LogP contribution in [-0.4, -0.2) is 108 Å². The molecule has 0 saturated carbocycles. The number of H-pyrrole nitrogens is 1. The molecule has 53 heavy (non-hydrogen) atoms. The maximum absolute atomic E-state index is 13.9. The second kappa shape index (κ2) is 20.4. The van der Waals surface area contributed by atoms with Gasteiger partial charge in [-0.2, -0.15) is 0 Å². The van der Waals surface area contributed by atoms with Crippen LogP contribution in [0, 0.1) is 5.92 Å². The number of aliphatic hydroxyl groups excluding tert-OH is 1. The number of benzene rings is 1. The number of imidazole rings is 1. The van der Waals surface area contributed by atoms with Crippen molar-refractivity contribution in [3.63, 3.8) is 0 Å². The lowest BCUT2D eigenvalue weighted by molar-refractivity contribution is -0.144. The van der Waals surface area contributed by atoms with E-state index in [0.29, 0.717) is 17.7 Å². The van der Waals surface area contributed by atoms with Crippen molar-refractivity contribution >= 4 is 43.3 Å². The van der Waals surface area contributed by atoms with E-state index in [1.807, 2.05) is 0 Å². The maximum atomic E-state index is 13.9. The number of hydrogen-bond donors (Lipinski definition) is 11. The van der Waals surface area contributed by atoms with Gasteiger partial charge < -0.3 is 52.0 Å². The summed E-state index contributed by atoms with van der Waals surface area (Å²) in [6.07, 6.45) is 1.37. The molecule has 0 radical (unpaired) electrons. The van der Waals surface area contributed by atoms with Gasteiger partial charge in [0.2, 0.25) is 29.5 Å². The van der Waals surface area contributed by atoms with Gasteiger partial charge in [0.15, 0.2) is 0 Å². The number of carbonyl (C=O) groups is 6. The van der Waals surface area contributed by atoms with Gasteiger partial charge in [-0.05, 0) is 43.9 Å². The Kier molecular flexibility index (Phi) is 17.0. The van der Waals surface area contributed by atoms with E-state index < -0.39 is 91.6 Å². The van der Waals surface area contributed by atoms with Crippen molar-refractivity contribution in [1.82, 2.24) is 36.6 Å². The first-order valence-corrected chi connectivity index (χ1v) is 18.3. The number of hydrogen-bond acceptors (Lipinski definition) is 11. The van der Waals surface area contributed by atoms with Crippen LogP contribution in [0.1, 0.15) is 58.7 Å². The monoisotopic (exact) mass is 768 g/mol. The average molecular weight is 769 g/mol. The standard InChI is InChI=1S/C32H49N8O12P/c1-6-16(3)25(32(47)48)39-28(43)22(7-2)36-30(45)24(13-20-14-34-15-35-20)37-29(44)23(12-19-8-10-21(11-9-19)52-53(49,50)51)38-31(46)26(18(5)41)40-27(42)17(4)33/h8-11,14-18,22-26,41H,6-7,12-13,33H2,1-5H3,(H,34,35)(H,36,45)(H,37,44)(H,38,46)(H,39,43)(H,40,42)(H,47,48)(H2,49,50,51)/t16-,17-,18+,22-,23-,24-,25-,26-/m0/s1. The summed E-state index contributed by atoms with van der Waals surface area (Å²) in [6, 6.07) is -2.73. The van der Waals surface area contributed by atoms with E-state index in [9.17, 15) is 43.5 Å². The Balaban J connectivity index is 2.43. The molecule has 21 heteroatoms. The molecule has 0 aliphatic rings. The van der Waals surface area contributed by atoms with Crippen LogP contribution in [0.2, 0.25) is 0 Å². The summed E-state index contributed by atoms with van der Waals surface area (Å²) in [5, 5.41) is 32.3. The van der Waals surface area contributed by atoms with Crippen LogP contribution < -0.4 is 36.8 Å². The minimum atomic E-state index is -4.88. The fraction of sp³-hybridized carbons (Fsp3) is 0.531. The first-order chi connectivity index (χ1) is 24.8. The third-order valence-corrected chi connectivity index (χ3v) is 8.58. The lowest BCUT2D eigenvalue weighted by Crippen LogP contribution is -2.61. The van der Waals surface area contributed by atoms with Crippen LogP contribution in [0.25, 0.3) is 0 Å². The molecule has 0 aliphatic heterocycles. The number of nitrogens with zero attached hydrogens (tertiary/aromatic N) is 1. The van der Waals surface area contributed by atoms with Gasteiger partial charge >= 0.3 is 13.8 Å². The van der Waals surface area contributed by atoms with Crippen molar-refractivity contribution in [2.24, 2.45) is 11.7 Å². The Morgan fingerprint density at radius 1 is 0.792 bits per heavy atom. The van der Waals surface area contributed by atoms with Crippen molar-refractivity contribution in [1.29, 1.82) is 0 Å². The predicted octanol–water partition coefficient (Wildman–Crippen LogP) is -1.64. The molecule has 0 spiro atoms. The SMILES string of the molecule is CC[C@H](NC(=O)[C@H](Cc1cnc[nH]1)NC(=O)[C@H](Cc1ccc(OP(=O)(O)O)cc1)NC(=O)[C@@H](NC(=O)[C@H](C)N)[C@@H](C)O)C(=O)N[C@H](C(=O)O)[C@@H](C)CC. The van der Waals surface area contributed by atoms with Gasteiger partial charge in [-0.15, -0.1) is 0 Å². The molecule has 2 aromatic rings. The molecule has 1 aromatic heterocycles. The van der Waals surface area contributed by atoms with E-state index in [-0.39, 0.29) is 25.0 Å². The van der Waals surface area contributed by atoms with Crippen molar-refractivity contribution < 1.29 is 57.9 Å². The zero-order chi connectivity index (χ0) is 40.0. The van der Waals surface area contributed by atoms with Crippen LogP contribution in [0.4, 0.5) is 0 Å². The normalized spacial score (nSPS) is 15.9. The number of carboxylic acid groups (broad SMARTS) is 1. The molecule has 12 N–H and O–H groups in total. The first-order valence-electron chi connectivity index (χ1n) is 16.8. The lowest BCUT2D eigenvalue weighted by atomic mass is 9.98. The summed E-state index contributed by atoms with van der Waals surface area (Å²) < 4.78 is 15.8. The molecule has 1 aromatic carbocycles. The second-order valence-electron chi connectivity index (χ2n) is 12.5. The highest BCUT2D eigenvalue weighted by Crippen LogP contribution is 2.37. The van der Waals surface area contributed by atoms with Crippen LogP contribution >= 0.6 is 7.82 Å². The molecule has 2 rings (SSSR count). The zero-order valence-electron chi connectivity index (χ0n) is 29.9. The number of carboxylic acids is 1. The van der Waals surface area contributed by atoms with E-state index in [1.54, 1.807) is 20.8 Å². The van der Waals surface area contributed by atoms with Gasteiger partial charge in [0.25, 0.3) is 0 Å². The number of nitrogens with two attached hydrogens (primary N) is 1. The molecule has 8 atom stereocenters. The highest BCUT2D eigenvalue weighted by molar-refractivity contribution is 7.46. The fourth-order valence-corrected chi connectivity index (χ4v) is 5.28. The molecule has 1 heterocycles. The maximum Gasteiger partial charge on any atom is 0.524 e. The number of aromatic nitrogens is 2. The largest absolute Gasteiger partial charge is 0.524 e. The van der Waals surface area contributed by atoms with E-state index in [2.05, 4.69) is 41.1 Å². The third kappa shape index (κ3) is 14.6. The Bertz CT molecular complexity index is 1600. The number of aliphatic hydroxyl groups is 1. The molecule has 20 nitrogen and oxygen atoms in total. The number of aliphatic carboxylic acids is 1. The molecule has 0 aliphatic carbocycles. The summed E-state index contributed by atoms with van der Waals surface area (Å²) in [4.78, 5) is 103. The molecule has 0 saturated heterocycles. The highest BCUT2D eigenvalue weighted by atomic mass is 31.2. The first kappa shape index (κ1) is 44.3. The van der Waals surface area contributed by atoms with Gasteiger partial charge in [-0.25, -0.2) is 14.3 Å². The number of aromatic amines is 1. The van der Waals surface area contributed by atoms with Crippen molar-refractivity contribution in [2.45, 2.75) is 103 Å². The topological polar surface area (TPSA) is 324 Å². The molecule has 0 bridgehead atoms. The summed E-state index contributed by atoms with van der Waals surface area (Å²) in [5.74, 6) is -6.11.